The quantitative estimate of drug-likeness (QED) is 0.505. The normalized spacial score (nSPS) is 12.4. The van der Waals surface area contributed by atoms with Gasteiger partial charge in [-0.05, 0) is 54.1 Å². The number of rotatable bonds is 9. The molecule has 0 saturated heterocycles. The van der Waals surface area contributed by atoms with Crippen molar-refractivity contribution < 1.29 is 19.8 Å². The van der Waals surface area contributed by atoms with E-state index >= 15 is 0 Å². The second-order valence-corrected chi connectivity index (χ2v) is 6.00. The Hall–Kier alpha value is -1.62. The molecule has 0 radical (unpaired) electrons. The molecule has 2 N–H and O–H groups in total. The third-order valence-corrected chi connectivity index (χ3v) is 3.30. The minimum atomic E-state index is -1.79. The molecule has 0 heterocycles. The highest BCUT2D eigenvalue weighted by Gasteiger charge is 2.46. The molecule has 0 bridgehead atoms. The molecule has 0 spiro atoms. The van der Waals surface area contributed by atoms with E-state index in [1.54, 1.807) is 25.1 Å². The SMILES string of the molecule is CC(C)=CCC/C(C)=C/CC(CN(C)C)(C(=O)O)C(=O)O. The van der Waals surface area contributed by atoms with E-state index in [0.29, 0.717) is 0 Å². The van der Waals surface area contributed by atoms with Crippen LogP contribution in [0.1, 0.15) is 40.0 Å². The fourth-order valence-electron chi connectivity index (χ4n) is 2.04. The number of hydrogen-bond donors (Lipinski definition) is 2. The third-order valence-electron chi connectivity index (χ3n) is 3.30. The largest absolute Gasteiger partial charge is 0.480 e. The molecule has 0 amide bonds. The van der Waals surface area contributed by atoms with Crippen LogP contribution in [0.25, 0.3) is 0 Å². The van der Waals surface area contributed by atoms with Crippen LogP contribution < -0.4 is 0 Å². The maximum atomic E-state index is 11.5. The average Bonchev–Trinajstić information content (AvgIpc) is 2.32. The highest BCUT2D eigenvalue weighted by molar-refractivity contribution is 5.98. The Labute approximate surface area is 127 Å². The first-order chi connectivity index (χ1) is 9.61. The summed E-state index contributed by atoms with van der Waals surface area (Å²) in [4.78, 5) is 24.5. The minimum Gasteiger partial charge on any atom is -0.480 e. The van der Waals surface area contributed by atoms with E-state index in [4.69, 9.17) is 0 Å². The van der Waals surface area contributed by atoms with E-state index in [2.05, 4.69) is 6.08 Å². The molecule has 0 rings (SSSR count). The lowest BCUT2D eigenvalue weighted by molar-refractivity contribution is -0.165. The van der Waals surface area contributed by atoms with Crippen LogP contribution in [0, 0.1) is 5.41 Å². The van der Waals surface area contributed by atoms with Gasteiger partial charge in [0.2, 0.25) is 0 Å². The highest BCUT2D eigenvalue weighted by Crippen LogP contribution is 2.26. The molecule has 0 aromatic rings. The van der Waals surface area contributed by atoms with Crippen molar-refractivity contribution in [2.75, 3.05) is 20.6 Å². The molecule has 0 aromatic carbocycles. The van der Waals surface area contributed by atoms with Gasteiger partial charge < -0.3 is 15.1 Å². The summed E-state index contributed by atoms with van der Waals surface area (Å²) < 4.78 is 0. The summed E-state index contributed by atoms with van der Waals surface area (Å²) in [7, 11) is 3.35. The van der Waals surface area contributed by atoms with E-state index in [9.17, 15) is 19.8 Å². The van der Waals surface area contributed by atoms with Gasteiger partial charge in [-0.2, -0.15) is 0 Å². The molecule has 120 valence electrons. The lowest BCUT2D eigenvalue weighted by Crippen LogP contribution is -2.46. The summed E-state index contributed by atoms with van der Waals surface area (Å²) in [5.74, 6) is -2.59. The Kier molecular flexibility index (Phi) is 7.95. The van der Waals surface area contributed by atoms with Gasteiger partial charge in [0.25, 0.3) is 0 Å². The zero-order valence-electron chi connectivity index (χ0n) is 13.6. The Balaban J connectivity index is 5.01. The molecule has 0 unspecified atom stereocenters. The number of aliphatic carboxylic acids is 2. The van der Waals surface area contributed by atoms with Crippen LogP contribution in [0.4, 0.5) is 0 Å². The van der Waals surface area contributed by atoms with Crippen molar-refractivity contribution in [1.82, 2.24) is 4.90 Å². The fourth-order valence-corrected chi connectivity index (χ4v) is 2.04. The number of carbonyl (C=O) groups is 2. The van der Waals surface area contributed by atoms with E-state index in [1.807, 2.05) is 20.8 Å². The van der Waals surface area contributed by atoms with Gasteiger partial charge in [0, 0.05) is 6.54 Å². The van der Waals surface area contributed by atoms with E-state index in [1.165, 1.54) is 5.57 Å². The molecule has 5 heteroatoms. The van der Waals surface area contributed by atoms with Crippen molar-refractivity contribution in [3.63, 3.8) is 0 Å². The van der Waals surface area contributed by atoms with Gasteiger partial charge in [-0.1, -0.05) is 23.3 Å². The summed E-state index contributed by atoms with van der Waals surface area (Å²) in [6.07, 6.45) is 5.54. The smallest absolute Gasteiger partial charge is 0.322 e. The van der Waals surface area contributed by atoms with Crippen LogP contribution in [0.5, 0.6) is 0 Å². The molecule has 0 aliphatic rings. The Morgan fingerprint density at radius 2 is 1.57 bits per heavy atom. The van der Waals surface area contributed by atoms with Crippen molar-refractivity contribution >= 4 is 11.9 Å². The summed E-state index contributed by atoms with van der Waals surface area (Å²) in [6, 6.07) is 0. The molecule has 0 atom stereocenters. The maximum absolute atomic E-state index is 11.5. The third kappa shape index (κ3) is 6.58. The van der Waals surface area contributed by atoms with Gasteiger partial charge in [-0.3, -0.25) is 9.59 Å². The first-order valence-corrected chi connectivity index (χ1v) is 7.02. The van der Waals surface area contributed by atoms with Crippen LogP contribution in [0.15, 0.2) is 23.3 Å². The molecular formula is C16H27NO4. The lowest BCUT2D eigenvalue weighted by atomic mass is 9.83. The molecule has 0 saturated carbocycles. The zero-order chi connectivity index (χ0) is 16.6. The second kappa shape index (κ2) is 8.62. The lowest BCUT2D eigenvalue weighted by Gasteiger charge is -2.27. The van der Waals surface area contributed by atoms with E-state index in [0.717, 1.165) is 18.4 Å². The van der Waals surface area contributed by atoms with Crippen molar-refractivity contribution in [2.24, 2.45) is 5.41 Å². The van der Waals surface area contributed by atoms with Crippen molar-refractivity contribution in [1.29, 1.82) is 0 Å². The van der Waals surface area contributed by atoms with Crippen LogP contribution >= 0.6 is 0 Å². The number of carboxylic acid groups (broad SMARTS) is 2. The molecule has 0 aliphatic heterocycles. The van der Waals surface area contributed by atoms with Gasteiger partial charge in [-0.25, -0.2) is 0 Å². The first kappa shape index (κ1) is 19.4. The van der Waals surface area contributed by atoms with Crippen molar-refractivity contribution in [3.05, 3.63) is 23.3 Å². The van der Waals surface area contributed by atoms with Gasteiger partial charge in [-0.15, -0.1) is 0 Å². The minimum absolute atomic E-state index is 0.00347. The van der Waals surface area contributed by atoms with Crippen LogP contribution in [-0.4, -0.2) is 47.7 Å². The Morgan fingerprint density at radius 1 is 1.05 bits per heavy atom. The van der Waals surface area contributed by atoms with Gasteiger partial charge in [0.15, 0.2) is 5.41 Å². The molecule has 5 nitrogen and oxygen atoms in total. The van der Waals surface area contributed by atoms with E-state index in [-0.39, 0.29) is 13.0 Å². The number of carboxylic acids is 2. The summed E-state index contributed by atoms with van der Waals surface area (Å²) in [5.41, 5.74) is 0.459. The second-order valence-electron chi connectivity index (χ2n) is 6.00. The number of allylic oxidation sites excluding steroid dienone is 4. The molecule has 21 heavy (non-hydrogen) atoms. The monoisotopic (exact) mass is 297 g/mol. The predicted octanol–water partition coefficient (Wildman–Crippen LogP) is 2.79. The topological polar surface area (TPSA) is 77.8 Å². The van der Waals surface area contributed by atoms with Gasteiger partial charge >= 0.3 is 11.9 Å². The molecule has 0 fully saturated rings. The highest BCUT2D eigenvalue weighted by atomic mass is 16.4. The fraction of sp³-hybridized carbons (Fsp3) is 0.625. The molecular weight excluding hydrogens is 270 g/mol. The first-order valence-electron chi connectivity index (χ1n) is 7.02. The number of nitrogens with zero attached hydrogens (tertiary/aromatic N) is 1. The molecule has 0 aliphatic carbocycles. The maximum Gasteiger partial charge on any atom is 0.322 e. The average molecular weight is 297 g/mol. The number of hydrogen-bond acceptors (Lipinski definition) is 3. The summed E-state index contributed by atoms with van der Waals surface area (Å²) in [6.45, 7) is 5.92. The Morgan fingerprint density at radius 3 is 1.95 bits per heavy atom. The van der Waals surface area contributed by atoms with Crippen LogP contribution in [0.3, 0.4) is 0 Å². The van der Waals surface area contributed by atoms with Crippen molar-refractivity contribution in [3.8, 4) is 0 Å². The Bertz CT molecular complexity index is 418. The predicted molar refractivity (Wildman–Crippen MR) is 83.3 cm³/mol. The zero-order valence-corrected chi connectivity index (χ0v) is 13.6. The van der Waals surface area contributed by atoms with E-state index < -0.39 is 17.4 Å². The van der Waals surface area contributed by atoms with Crippen LogP contribution in [-0.2, 0) is 9.59 Å². The van der Waals surface area contributed by atoms with Gasteiger partial charge in [0.05, 0.1) is 0 Å². The van der Waals surface area contributed by atoms with Crippen molar-refractivity contribution in [2.45, 2.75) is 40.0 Å². The summed E-state index contributed by atoms with van der Waals surface area (Å²) in [5, 5.41) is 18.7. The standard InChI is InChI=1S/C16H27NO4/c1-12(2)7-6-8-13(3)9-10-16(14(18)19,15(20)21)11-17(4)5/h7,9H,6,8,10-11H2,1-5H3,(H,18,19)(H,20,21)/b13-9+. The molecule has 0 aromatic heterocycles. The summed E-state index contributed by atoms with van der Waals surface area (Å²) >= 11 is 0. The van der Waals surface area contributed by atoms with Gasteiger partial charge in [0.1, 0.15) is 0 Å². The van der Waals surface area contributed by atoms with Crippen LogP contribution in [0.2, 0.25) is 0 Å².